The van der Waals surface area contributed by atoms with Crippen LogP contribution in [0.4, 0.5) is 10.1 Å². The Balaban J connectivity index is 1.52. The molecule has 2 amide bonds. The number of hydrogen-bond donors (Lipinski definition) is 1. The molecule has 4 nitrogen and oxygen atoms in total. The molecular weight excluding hydrogens is 331 g/mol. The van der Waals surface area contributed by atoms with E-state index in [0.29, 0.717) is 12.2 Å². The van der Waals surface area contributed by atoms with E-state index in [9.17, 15) is 14.0 Å². The summed E-state index contributed by atoms with van der Waals surface area (Å²) in [4.78, 5) is 26.3. The minimum atomic E-state index is -0.369. The first kappa shape index (κ1) is 18.1. The lowest BCUT2D eigenvalue weighted by atomic mass is 10.0. The summed E-state index contributed by atoms with van der Waals surface area (Å²) in [7, 11) is 0. The fourth-order valence-electron chi connectivity index (χ4n) is 3.21. The number of carbonyl (C=O) groups is 2. The minimum Gasteiger partial charge on any atom is -0.353 e. The molecule has 1 heterocycles. The van der Waals surface area contributed by atoms with Crippen LogP contribution in [-0.4, -0.2) is 24.4 Å². The molecule has 1 aliphatic heterocycles. The van der Waals surface area contributed by atoms with Gasteiger partial charge in [0.25, 0.3) is 0 Å². The second-order valence-electron chi connectivity index (χ2n) is 6.82. The third-order valence-electron chi connectivity index (χ3n) is 4.73. The van der Waals surface area contributed by atoms with Crippen LogP contribution in [0.1, 0.15) is 25.3 Å². The Labute approximate surface area is 153 Å². The van der Waals surface area contributed by atoms with Crippen LogP contribution in [0.2, 0.25) is 0 Å². The average molecular weight is 354 g/mol. The van der Waals surface area contributed by atoms with Crippen molar-refractivity contribution in [1.82, 2.24) is 5.32 Å². The highest BCUT2D eigenvalue weighted by molar-refractivity contribution is 6.00. The lowest BCUT2D eigenvalue weighted by molar-refractivity contribution is -0.126. The highest BCUT2D eigenvalue weighted by Gasteiger charge is 2.35. The summed E-state index contributed by atoms with van der Waals surface area (Å²) in [6, 6.07) is 16.0. The number of nitrogens with one attached hydrogen (secondary N) is 1. The third kappa shape index (κ3) is 4.48. The van der Waals surface area contributed by atoms with E-state index in [1.165, 1.54) is 17.7 Å². The first-order chi connectivity index (χ1) is 12.5. The molecule has 2 aromatic carbocycles. The van der Waals surface area contributed by atoms with Crippen molar-refractivity contribution in [2.45, 2.75) is 32.2 Å². The molecule has 1 N–H and O–H groups in total. The molecule has 0 radical (unpaired) electrons. The Morgan fingerprint density at radius 3 is 2.58 bits per heavy atom. The van der Waals surface area contributed by atoms with Crippen molar-refractivity contribution >= 4 is 17.5 Å². The van der Waals surface area contributed by atoms with Gasteiger partial charge >= 0.3 is 0 Å². The van der Waals surface area contributed by atoms with E-state index in [0.717, 1.165) is 12.8 Å². The largest absolute Gasteiger partial charge is 0.353 e. The molecule has 1 saturated heterocycles. The van der Waals surface area contributed by atoms with Crippen molar-refractivity contribution in [2.24, 2.45) is 5.92 Å². The molecule has 1 fully saturated rings. The maximum Gasteiger partial charge on any atom is 0.227 e. The average Bonchev–Trinajstić information content (AvgIpc) is 3.03. The van der Waals surface area contributed by atoms with Gasteiger partial charge in [-0.05, 0) is 49.6 Å². The molecular formula is C21H23FN2O2. The summed E-state index contributed by atoms with van der Waals surface area (Å²) in [6.45, 7) is 2.32. The summed E-state index contributed by atoms with van der Waals surface area (Å²) in [5.41, 5.74) is 1.87. The Morgan fingerprint density at radius 2 is 1.88 bits per heavy atom. The number of hydrogen-bond acceptors (Lipinski definition) is 2. The van der Waals surface area contributed by atoms with Crippen LogP contribution in [0.5, 0.6) is 0 Å². The standard InChI is InChI=1S/C21H23FN2O2/c1-15(7-8-16-5-3-2-4-6-16)23-21(26)17-13-20(25)24(14-17)19-11-9-18(22)10-12-19/h2-6,9-12,15,17H,7-8,13-14H2,1H3,(H,23,26). The van der Waals surface area contributed by atoms with Gasteiger partial charge in [-0.1, -0.05) is 30.3 Å². The summed E-state index contributed by atoms with van der Waals surface area (Å²) in [5, 5.41) is 3.02. The van der Waals surface area contributed by atoms with Gasteiger partial charge in [-0.15, -0.1) is 0 Å². The van der Waals surface area contributed by atoms with E-state index in [-0.39, 0.29) is 36.0 Å². The molecule has 2 unspecified atom stereocenters. The fraction of sp³-hybridized carbons (Fsp3) is 0.333. The Morgan fingerprint density at radius 1 is 1.19 bits per heavy atom. The smallest absolute Gasteiger partial charge is 0.227 e. The maximum atomic E-state index is 13.0. The number of carbonyl (C=O) groups excluding carboxylic acids is 2. The Kier molecular flexibility index (Phi) is 5.66. The van der Waals surface area contributed by atoms with E-state index in [2.05, 4.69) is 17.4 Å². The quantitative estimate of drug-likeness (QED) is 0.865. The van der Waals surface area contributed by atoms with Gasteiger partial charge in [0.1, 0.15) is 5.82 Å². The zero-order chi connectivity index (χ0) is 18.5. The zero-order valence-electron chi connectivity index (χ0n) is 14.8. The normalized spacial score (nSPS) is 18.0. The third-order valence-corrected chi connectivity index (χ3v) is 4.73. The molecule has 0 saturated carbocycles. The molecule has 0 bridgehead atoms. The first-order valence-corrected chi connectivity index (χ1v) is 8.93. The summed E-state index contributed by atoms with van der Waals surface area (Å²) in [5.74, 6) is -0.911. The summed E-state index contributed by atoms with van der Waals surface area (Å²) in [6.07, 6.45) is 1.93. The van der Waals surface area contributed by atoms with E-state index < -0.39 is 0 Å². The molecule has 136 valence electrons. The number of nitrogens with zero attached hydrogens (tertiary/aromatic N) is 1. The lowest BCUT2D eigenvalue weighted by Gasteiger charge is -2.18. The number of halogens is 1. The van der Waals surface area contributed by atoms with Crippen LogP contribution < -0.4 is 10.2 Å². The van der Waals surface area contributed by atoms with Gasteiger partial charge < -0.3 is 10.2 Å². The highest BCUT2D eigenvalue weighted by atomic mass is 19.1. The minimum absolute atomic E-state index is 0.0395. The second kappa shape index (κ2) is 8.13. The van der Waals surface area contributed by atoms with Gasteiger partial charge in [-0.25, -0.2) is 4.39 Å². The van der Waals surface area contributed by atoms with E-state index in [1.54, 1.807) is 17.0 Å². The SMILES string of the molecule is CC(CCc1ccccc1)NC(=O)C1CC(=O)N(c2ccc(F)cc2)C1. The Bertz CT molecular complexity index is 761. The maximum absolute atomic E-state index is 13.0. The second-order valence-corrected chi connectivity index (χ2v) is 6.82. The van der Waals surface area contributed by atoms with Crippen LogP contribution in [-0.2, 0) is 16.0 Å². The van der Waals surface area contributed by atoms with Gasteiger partial charge in [-0.2, -0.15) is 0 Å². The predicted molar refractivity (Wildman–Crippen MR) is 99.2 cm³/mol. The van der Waals surface area contributed by atoms with E-state index in [4.69, 9.17) is 0 Å². The molecule has 0 aromatic heterocycles. The van der Waals surface area contributed by atoms with Gasteiger partial charge in [0.15, 0.2) is 0 Å². The van der Waals surface area contributed by atoms with Gasteiger partial charge in [0.05, 0.1) is 5.92 Å². The van der Waals surface area contributed by atoms with Crippen LogP contribution >= 0.6 is 0 Å². The van der Waals surface area contributed by atoms with Gasteiger partial charge in [0, 0.05) is 24.7 Å². The number of benzene rings is 2. The number of anilines is 1. The number of amides is 2. The van der Waals surface area contributed by atoms with Crippen molar-refractivity contribution in [1.29, 1.82) is 0 Å². The molecule has 3 rings (SSSR count). The van der Waals surface area contributed by atoms with Crippen molar-refractivity contribution in [3.05, 3.63) is 66.0 Å². The first-order valence-electron chi connectivity index (χ1n) is 8.93. The topological polar surface area (TPSA) is 49.4 Å². The van der Waals surface area contributed by atoms with Crippen LogP contribution in [0.25, 0.3) is 0 Å². The Hall–Kier alpha value is -2.69. The molecule has 0 aliphatic carbocycles. The molecule has 26 heavy (non-hydrogen) atoms. The summed E-state index contributed by atoms with van der Waals surface area (Å²) >= 11 is 0. The zero-order valence-corrected chi connectivity index (χ0v) is 14.8. The highest BCUT2D eigenvalue weighted by Crippen LogP contribution is 2.25. The van der Waals surface area contributed by atoms with Gasteiger partial charge in [-0.3, -0.25) is 9.59 Å². The van der Waals surface area contributed by atoms with Crippen molar-refractivity contribution < 1.29 is 14.0 Å². The number of aryl methyl sites for hydroxylation is 1. The van der Waals surface area contributed by atoms with E-state index >= 15 is 0 Å². The number of rotatable bonds is 6. The summed E-state index contributed by atoms with van der Waals surface area (Å²) < 4.78 is 13.0. The molecule has 2 aromatic rings. The van der Waals surface area contributed by atoms with Crippen molar-refractivity contribution in [3.63, 3.8) is 0 Å². The van der Waals surface area contributed by atoms with Crippen LogP contribution in [0.15, 0.2) is 54.6 Å². The molecule has 1 aliphatic rings. The van der Waals surface area contributed by atoms with Crippen molar-refractivity contribution in [2.75, 3.05) is 11.4 Å². The molecule has 0 spiro atoms. The monoisotopic (exact) mass is 354 g/mol. The van der Waals surface area contributed by atoms with Crippen molar-refractivity contribution in [3.8, 4) is 0 Å². The van der Waals surface area contributed by atoms with E-state index in [1.807, 2.05) is 25.1 Å². The lowest BCUT2D eigenvalue weighted by Crippen LogP contribution is -2.38. The fourth-order valence-corrected chi connectivity index (χ4v) is 3.21. The predicted octanol–water partition coefficient (Wildman–Crippen LogP) is 3.32. The molecule has 5 heteroatoms. The molecule has 2 atom stereocenters. The van der Waals surface area contributed by atoms with Crippen LogP contribution in [0.3, 0.4) is 0 Å². The van der Waals surface area contributed by atoms with Gasteiger partial charge in [0.2, 0.25) is 11.8 Å². The van der Waals surface area contributed by atoms with Crippen LogP contribution in [0, 0.1) is 11.7 Å².